The molecule has 0 bridgehead atoms. The van der Waals surface area contributed by atoms with Crippen LogP contribution in [0.5, 0.6) is 0 Å². The van der Waals surface area contributed by atoms with Crippen LogP contribution in [0.25, 0.3) is 5.57 Å². The summed E-state index contributed by atoms with van der Waals surface area (Å²) in [6.07, 6.45) is 10.0. The molecule has 1 amide bonds. The Balaban J connectivity index is 1.58. The van der Waals surface area contributed by atoms with Gasteiger partial charge in [0.2, 0.25) is 5.91 Å². The lowest BCUT2D eigenvalue weighted by Gasteiger charge is -2.32. The van der Waals surface area contributed by atoms with Crippen molar-refractivity contribution >= 4 is 17.4 Å². The molecule has 2 fully saturated rings. The van der Waals surface area contributed by atoms with E-state index in [1.54, 1.807) is 9.47 Å². The van der Waals surface area contributed by atoms with Crippen molar-refractivity contribution in [1.82, 2.24) is 9.47 Å². The summed E-state index contributed by atoms with van der Waals surface area (Å²) in [5.41, 5.74) is 2.60. The van der Waals surface area contributed by atoms with Crippen molar-refractivity contribution in [2.75, 3.05) is 13.7 Å². The summed E-state index contributed by atoms with van der Waals surface area (Å²) in [6, 6.07) is 2.66. The van der Waals surface area contributed by atoms with Crippen LogP contribution in [0, 0.1) is 17.8 Å². The first kappa shape index (κ1) is 21.4. The molecule has 7 nitrogen and oxygen atoms in total. The number of likely N-dealkylation sites (tertiary alicyclic amines) is 1. The third kappa shape index (κ3) is 3.24. The molecule has 172 valence electrons. The number of amides is 1. The summed E-state index contributed by atoms with van der Waals surface area (Å²) in [5, 5.41) is 10.3. The molecular formula is C25H32N2O5. The maximum atomic E-state index is 13.6. The molecule has 5 rings (SSSR count). The number of nitrogens with zero attached hydrogens (tertiary/aromatic N) is 2. The number of fused-ring (bicyclic) bond motifs is 3. The topological polar surface area (TPSA) is 88.8 Å². The van der Waals surface area contributed by atoms with Crippen LogP contribution in [0.15, 0.2) is 23.0 Å². The fourth-order valence-corrected chi connectivity index (χ4v) is 6.53. The molecule has 1 N–H and O–H groups in total. The molecule has 2 aliphatic heterocycles. The quantitative estimate of drug-likeness (QED) is 0.727. The van der Waals surface area contributed by atoms with Crippen LogP contribution >= 0.6 is 0 Å². The van der Waals surface area contributed by atoms with Crippen molar-refractivity contribution < 1.29 is 19.4 Å². The van der Waals surface area contributed by atoms with E-state index in [9.17, 15) is 19.5 Å². The minimum absolute atomic E-state index is 0.0235. The maximum absolute atomic E-state index is 13.6. The van der Waals surface area contributed by atoms with Gasteiger partial charge in [-0.3, -0.25) is 9.59 Å². The zero-order valence-corrected chi connectivity index (χ0v) is 18.7. The van der Waals surface area contributed by atoms with Crippen molar-refractivity contribution in [3.8, 4) is 0 Å². The summed E-state index contributed by atoms with van der Waals surface area (Å²) in [5.74, 6) is -1.26. The van der Waals surface area contributed by atoms with Gasteiger partial charge in [0.25, 0.3) is 5.56 Å². The van der Waals surface area contributed by atoms with E-state index in [2.05, 4.69) is 6.08 Å². The van der Waals surface area contributed by atoms with Gasteiger partial charge in [-0.1, -0.05) is 18.9 Å². The van der Waals surface area contributed by atoms with Crippen LogP contribution in [0.4, 0.5) is 0 Å². The van der Waals surface area contributed by atoms with Crippen LogP contribution in [0.3, 0.4) is 0 Å². The molecule has 4 atom stereocenters. The Kier molecular flexibility index (Phi) is 5.70. The number of rotatable bonds is 4. The molecule has 3 heterocycles. The number of ether oxygens (including phenoxy) is 1. The Morgan fingerprint density at radius 3 is 2.59 bits per heavy atom. The van der Waals surface area contributed by atoms with Gasteiger partial charge in [-0.2, -0.15) is 0 Å². The molecule has 2 aliphatic carbocycles. The first-order chi connectivity index (χ1) is 15.6. The number of esters is 1. The first-order valence-electron chi connectivity index (χ1n) is 12.0. The number of carbonyl (C=O) groups is 2. The number of allylic oxidation sites excluding steroid dienone is 2. The Hall–Kier alpha value is -2.41. The van der Waals surface area contributed by atoms with Crippen molar-refractivity contribution in [2.45, 2.75) is 70.0 Å². The second-order valence-electron chi connectivity index (χ2n) is 9.71. The van der Waals surface area contributed by atoms with Gasteiger partial charge < -0.3 is 19.3 Å². The number of aliphatic hydroxyl groups is 1. The summed E-state index contributed by atoms with van der Waals surface area (Å²) in [7, 11) is 1.33. The fraction of sp³-hybridized carbons (Fsp3) is 0.640. The maximum Gasteiger partial charge on any atom is 0.328 e. The molecule has 0 spiro atoms. The number of aromatic nitrogens is 1. The molecule has 0 aromatic carbocycles. The van der Waals surface area contributed by atoms with Crippen molar-refractivity contribution in [3.63, 3.8) is 0 Å². The zero-order chi connectivity index (χ0) is 22.4. The first-order valence-corrected chi connectivity index (χ1v) is 12.0. The number of aliphatic hydroxyl groups excluding tert-OH is 1. The van der Waals surface area contributed by atoms with E-state index >= 15 is 0 Å². The number of carbonyl (C=O) groups excluding carboxylic acids is 2. The van der Waals surface area contributed by atoms with E-state index in [1.165, 1.54) is 7.11 Å². The number of methoxy groups -OCH3 is 1. The molecule has 1 saturated heterocycles. The predicted octanol–water partition coefficient (Wildman–Crippen LogP) is 2.66. The molecule has 7 heteroatoms. The van der Waals surface area contributed by atoms with Crippen molar-refractivity contribution in [3.05, 3.63) is 39.8 Å². The van der Waals surface area contributed by atoms with E-state index in [0.717, 1.165) is 68.2 Å². The van der Waals surface area contributed by atoms with Gasteiger partial charge in [-0.05, 0) is 56.2 Å². The lowest BCUT2D eigenvalue weighted by Crippen LogP contribution is -2.48. The van der Waals surface area contributed by atoms with E-state index in [1.807, 2.05) is 12.1 Å². The smallest absolute Gasteiger partial charge is 0.328 e. The van der Waals surface area contributed by atoms with E-state index in [4.69, 9.17) is 4.74 Å². The van der Waals surface area contributed by atoms with Crippen LogP contribution < -0.4 is 5.56 Å². The Labute approximate surface area is 188 Å². The van der Waals surface area contributed by atoms with Crippen LogP contribution in [0.2, 0.25) is 0 Å². The van der Waals surface area contributed by atoms with Crippen molar-refractivity contribution in [1.29, 1.82) is 0 Å². The zero-order valence-electron chi connectivity index (χ0n) is 18.7. The lowest BCUT2D eigenvalue weighted by atomic mass is 9.88. The number of hydrogen-bond acceptors (Lipinski definition) is 5. The highest BCUT2D eigenvalue weighted by Crippen LogP contribution is 2.50. The van der Waals surface area contributed by atoms with Gasteiger partial charge in [-0.25, -0.2) is 4.79 Å². The van der Waals surface area contributed by atoms with Gasteiger partial charge in [-0.15, -0.1) is 0 Å². The molecule has 0 unspecified atom stereocenters. The van der Waals surface area contributed by atoms with E-state index in [-0.39, 0.29) is 36.0 Å². The highest BCUT2D eigenvalue weighted by atomic mass is 16.5. The second kappa shape index (κ2) is 8.50. The third-order valence-corrected chi connectivity index (χ3v) is 8.11. The molecule has 4 aliphatic rings. The standard InChI is InChI=1S/C25H32N2O5/c1-32-25(31)22-19(14-28)18-13-26-20(21(18)27(22)23(29)16-9-5-6-10-16)12-11-17(24(26)30)15-7-3-2-4-8-15/h7,11-12,16,18-19,21-22,28H,2-6,8-10,13-14H2,1H3/t18-,19-,21+,22-/m1/s1. The molecule has 0 radical (unpaired) electrons. The highest BCUT2D eigenvalue weighted by molar-refractivity contribution is 5.87. The minimum atomic E-state index is -0.808. The highest BCUT2D eigenvalue weighted by Gasteiger charge is 2.58. The number of pyridine rings is 1. The molecular weight excluding hydrogens is 408 g/mol. The van der Waals surface area contributed by atoms with Gasteiger partial charge in [0.1, 0.15) is 6.04 Å². The minimum Gasteiger partial charge on any atom is -0.467 e. The summed E-state index contributed by atoms with van der Waals surface area (Å²) < 4.78 is 6.85. The largest absolute Gasteiger partial charge is 0.467 e. The van der Waals surface area contributed by atoms with Crippen LogP contribution in [-0.4, -0.2) is 46.2 Å². The molecule has 1 aromatic rings. The summed E-state index contributed by atoms with van der Waals surface area (Å²) in [6.45, 7) is 0.184. The Morgan fingerprint density at radius 2 is 1.94 bits per heavy atom. The summed E-state index contributed by atoms with van der Waals surface area (Å²) in [4.78, 5) is 41.5. The fourth-order valence-electron chi connectivity index (χ4n) is 6.53. The molecule has 1 saturated carbocycles. The lowest BCUT2D eigenvalue weighted by molar-refractivity contribution is -0.155. The van der Waals surface area contributed by atoms with Gasteiger partial charge in [0.15, 0.2) is 0 Å². The van der Waals surface area contributed by atoms with Crippen LogP contribution in [0.1, 0.15) is 68.7 Å². The SMILES string of the molecule is COC(=O)[C@H]1[C@H](CO)[C@H]2Cn3c(ccc(C4=CCCCC4)c3=O)[C@H]2N1C(=O)C1CCCC1. The monoisotopic (exact) mass is 440 g/mol. The van der Waals surface area contributed by atoms with Gasteiger partial charge in [0.05, 0.1) is 13.2 Å². The summed E-state index contributed by atoms with van der Waals surface area (Å²) >= 11 is 0. The van der Waals surface area contributed by atoms with E-state index < -0.39 is 17.9 Å². The van der Waals surface area contributed by atoms with Crippen molar-refractivity contribution in [2.24, 2.45) is 17.8 Å². The van der Waals surface area contributed by atoms with Gasteiger partial charge >= 0.3 is 5.97 Å². The molecule has 1 aromatic heterocycles. The average molecular weight is 441 g/mol. The number of hydrogen-bond donors (Lipinski definition) is 1. The predicted molar refractivity (Wildman–Crippen MR) is 119 cm³/mol. The Morgan fingerprint density at radius 1 is 1.16 bits per heavy atom. The van der Waals surface area contributed by atoms with Crippen LogP contribution in [-0.2, 0) is 20.9 Å². The molecule has 32 heavy (non-hydrogen) atoms. The average Bonchev–Trinajstić information content (AvgIpc) is 3.54. The second-order valence-corrected chi connectivity index (χ2v) is 9.71. The third-order valence-electron chi connectivity index (χ3n) is 8.11. The van der Waals surface area contributed by atoms with E-state index in [0.29, 0.717) is 6.54 Å². The van der Waals surface area contributed by atoms with Gasteiger partial charge in [0, 0.05) is 42.2 Å². The normalized spacial score (nSPS) is 29.6. The Bertz CT molecular complexity index is 1010.